The molecule has 0 aliphatic heterocycles. The lowest BCUT2D eigenvalue weighted by Crippen LogP contribution is -2.16. The molecule has 0 bridgehead atoms. The highest BCUT2D eigenvalue weighted by Crippen LogP contribution is 2.24. The topological polar surface area (TPSA) is 92.8 Å². The number of rotatable bonds is 6. The van der Waals surface area contributed by atoms with Gasteiger partial charge in [0.15, 0.2) is 5.82 Å². The smallest absolute Gasteiger partial charge is 0.230 e. The van der Waals surface area contributed by atoms with Crippen molar-refractivity contribution in [3.05, 3.63) is 70.7 Å². The van der Waals surface area contributed by atoms with Crippen molar-refractivity contribution in [2.45, 2.75) is 39.2 Å². The van der Waals surface area contributed by atoms with Crippen LogP contribution in [0.4, 0.5) is 10.2 Å². The third kappa shape index (κ3) is 5.45. The third-order valence-electron chi connectivity index (χ3n) is 4.76. The molecule has 160 valence electrons. The molecule has 0 fully saturated rings. The standard InChI is InChI=1S/C23H24FN5O2/c1-23(2,3)17-7-5-15(6-8-17)11-22(30)27-21-13-26-29(28-21)14-16-9-19(24)18(12-25)20(10-16)31-4/h5-10,13H,11,14H2,1-4H3,(H,27,28,30). The molecule has 0 aliphatic carbocycles. The van der Waals surface area contributed by atoms with Crippen LogP contribution in [0.3, 0.4) is 0 Å². The summed E-state index contributed by atoms with van der Waals surface area (Å²) in [7, 11) is 1.37. The monoisotopic (exact) mass is 421 g/mol. The Balaban J connectivity index is 1.63. The van der Waals surface area contributed by atoms with Crippen LogP contribution >= 0.6 is 0 Å². The van der Waals surface area contributed by atoms with Crippen LogP contribution in [0.5, 0.6) is 5.75 Å². The molecule has 1 amide bonds. The quantitative estimate of drug-likeness (QED) is 0.653. The molecule has 8 heteroatoms. The van der Waals surface area contributed by atoms with E-state index in [1.165, 1.54) is 29.7 Å². The van der Waals surface area contributed by atoms with Gasteiger partial charge in [-0.1, -0.05) is 45.0 Å². The highest BCUT2D eigenvalue weighted by molar-refractivity contribution is 5.91. The molecule has 31 heavy (non-hydrogen) atoms. The van der Waals surface area contributed by atoms with Gasteiger partial charge in [0.25, 0.3) is 0 Å². The first-order valence-electron chi connectivity index (χ1n) is 9.75. The van der Waals surface area contributed by atoms with Crippen LogP contribution in [0.15, 0.2) is 42.6 Å². The average Bonchev–Trinajstić information content (AvgIpc) is 3.13. The van der Waals surface area contributed by atoms with Gasteiger partial charge in [0.05, 0.1) is 26.3 Å². The number of methoxy groups -OCH3 is 1. The van der Waals surface area contributed by atoms with E-state index in [0.29, 0.717) is 11.4 Å². The van der Waals surface area contributed by atoms with Gasteiger partial charge in [0.1, 0.15) is 23.2 Å². The van der Waals surface area contributed by atoms with Crippen LogP contribution in [0.2, 0.25) is 0 Å². The number of ether oxygens (including phenoxy) is 1. The molecule has 0 saturated carbocycles. The summed E-state index contributed by atoms with van der Waals surface area (Å²) in [6.45, 7) is 6.57. The summed E-state index contributed by atoms with van der Waals surface area (Å²) in [5, 5.41) is 20.0. The van der Waals surface area contributed by atoms with Crippen LogP contribution in [0.25, 0.3) is 0 Å². The summed E-state index contributed by atoms with van der Waals surface area (Å²) >= 11 is 0. The number of benzene rings is 2. The van der Waals surface area contributed by atoms with E-state index in [2.05, 4.69) is 36.3 Å². The molecule has 0 radical (unpaired) electrons. The van der Waals surface area contributed by atoms with E-state index in [1.54, 1.807) is 12.1 Å². The maximum Gasteiger partial charge on any atom is 0.230 e. The lowest BCUT2D eigenvalue weighted by molar-refractivity contribution is -0.115. The molecule has 1 N–H and O–H groups in total. The molecular weight excluding hydrogens is 397 g/mol. The Morgan fingerprint density at radius 3 is 2.55 bits per heavy atom. The Bertz CT molecular complexity index is 1120. The van der Waals surface area contributed by atoms with E-state index < -0.39 is 5.82 Å². The number of anilines is 1. The van der Waals surface area contributed by atoms with Crippen molar-refractivity contribution in [2.24, 2.45) is 0 Å². The normalized spacial score (nSPS) is 11.1. The minimum absolute atomic E-state index is 0.0567. The van der Waals surface area contributed by atoms with Gasteiger partial charge >= 0.3 is 0 Å². The molecule has 0 aliphatic rings. The van der Waals surface area contributed by atoms with Gasteiger partial charge in [-0.3, -0.25) is 4.79 Å². The van der Waals surface area contributed by atoms with Crippen molar-refractivity contribution in [1.82, 2.24) is 15.0 Å². The van der Waals surface area contributed by atoms with Crippen molar-refractivity contribution in [3.8, 4) is 11.8 Å². The molecule has 3 rings (SSSR count). The Kier molecular flexibility index (Phi) is 6.35. The van der Waals surface area contributed by atoms with Gasteiger partial charge in [0, 0.05) is 0 Å². The number of hydrogen-bond donors (Lipinski definition) is 1. The molecule has 0 atom stereocenters. The average molecular weight is 421 g/mol. The summed E-state index contributed by atoms with van der Waals surface area (Å²) in [6, 6.07) is 12.5. The lowest BCUT2D eigenvalue weighted by atomic mass is 9.86. The zero-order chi connectivity index (χ0) is 22.6. The highest BCUT2D eigenvalue weighted by Gasteiger charge is 2.15. The summed E-state index contributed by atoms with van der Waals surface area (Å²) in [6.07, 6.45) is 1.65. The SMILES string of the molecule is COc1cc(Cn2ncc(NC(=O)Cc3ccc(C(C)(C)C)cc3)n2)cc(F)c1C#N. The minimum Gasteiger partial charge on any atom is -0.495 e. The number of nitrogens with one attached hydrogen (secondary N) is 1. The van der Waals surface area contributed by atoms with Gasteiger partial charge in [-0.2, -0.15) is 15.2 Å². The molecule has 2 aromatic carbocycles. The second kappa shape index (κ2) is 8.96. The van der Waals surface area contributed by atoms with Crippen LogP contribution in [-0.2, 0) is 23.2 Å². The molecule has 1 heterocycles. The zero-order valence-electron chi connectivity index (χ0n) is 17.9. The van der Waals surface area contributed by atoms with Gasteiger partial charge < -0.3 is 10.1 Å². The lowest BCUT2D eigenvalue weighted by Gasteiger charge is -2.19. The number of carbonyl (C=O) groups is 1. The number of aromatic nitrogens is 3. The summed E-state index contributed by atoms with van der Waals surface area (Å²) in [4.78, 5) is 13.7. The second-order valence-electron chi connectivity index (χ2n) is 8.20. The predicted octanol–water partition coefficient (Wildman–Crippen LogP) is 3.82. The summed E-state index contributed by atoms with van der Waals surface area (Å²) in [5.74, 6) is -0.426. The third-order valence-corrected chi connectivity index (χ3v) is 4.76. The second-order valence-corrected chi connectivity index (χ2v) is 8.20. The Morgan fingerprint density at radius 2 is 1.94 bits per heavy atom. The molecule has 0 unspecified atom stereocenters. The number of hydrogen-bond acceptors (Lipinski definition) is 5. The van der Waals surface area contributed by atoms with E-state index in [-0.39, 0.29) is 35.6 Å². The number of nitrogens with zero attached hydrogens (tertiary/aromatic N) is 4. The number of halogens is 1. The van der Waals surface area contributed by atoms with E-state index >= 15 is 0 Å². The fourth-order valence-electron chi connectivity index (χ4n) is 3.08. The minimum atomic E-state index is -0.671. The van der Waals surface area contributed by atoms with Crippen molar-refractivity contribution in [3.63, 3.8) is 0 Å². The molecule has 7 nitrogen and oxygen atoms in total. The molecule has 3 aromatic rings. The summed E-state index contributed by atoms with van der Waals surface area (Å²) < 4.78 is 19.1. The Labute approximate surface area is 180 Å². The van der Waals surface area contributed by atoms with Crippen LogP contribution in [0.1, 0.15) is 43.0 Å². The Morgan fingerprint density at radius 1 is 1.23 bits per heavy atom. The molecular formula is C23H24FN5O2. The number of carbonyl (C=O) groups excluding carboxylic acids is 1. The van der Waals surface area contributed by atoms with E-state index in [4.69, 9.17) is 10.00 Å². The van der Waals surface area contributed by atoms with Gasteiger partial charge in [-0.25, -0.2) is 4.39 Å². The highest BCUT2D eigenvalue weighted by atomic mass is 19.1. The first kappa shape index (κ1) is 22.0. The largest absolute Gasteiger partial charge is 0.495 e. The number of amides is 1. The van der Waals surface area contributed by atoms with Crippen LogP contribution < -0.4 is 10.1 Å². The van der Waals surface area contributed by atoms with Crippen LogP contribution in [-0.4, -0.2) is 28.0 Å². The fraction of sp³-hybridized carbons (Fsp3) is 0.304. The van der Waals surface area contributed by atoms with Crippen LogP contribution in [0, 0.1) is 17.1 Å². The molecule has 0 spiro atoms. The maximum absolute atomic E-state index is 14.1. The van der Waals surface area contributed by atoms with E-state index in [1.807, 2.05) is 24.3 Å². The zero-order valence-corrected chi connectivity index (χ0v) is 17.9. The van der Waals surface area contributed by atoms with Crippen molar-refractivity contribution >= 4 is 11.7 Å². The van der Waals surface area contributed by atoms with E-state index in [0.717, 1.165) is 5.56 Å². The first-order valence-corrected chi connectivity index (χ1v) is 9.75. The van der Waals surface area contributed by atoms with Gasteiger partial charge in [-0.05, 0) is 34.2 Å². The van der Waals surface area contributed by atoms with Gasteiger partial charge in [0.2, 0.25) is 5.91 Å². The van der Waals surface area contributed by atoms with Crippen molar-refractivity contribution < 1.29 is 13.9 Å². The Hall–Kier alpha value is -3.73. The summed E-state index contributed by atoms with van der Waals surface area (Å²) in [5.41, 5.74) is 2.54. The molecule has 0 saturated heterocycles. The number of nitriles is 1. The molecule has 1 aromatic heterocycles. The van der Waals surface area contributed by atoms with Crippen molar-refractivity contribution in [2.75, 3.05) is 12.4 Å². The maximum atomic E-state index is 14.1. The first-order chi connectivity index (χ1) is 14.7. The van der Waals surface area contributed by atoms with Crippen molar-refractivity contribution in [1.29, 1.82) is 5.26 Å². The van der Waals surface area contributed by atoms with Gasteiger partial charge in [-0.15, -0.1) is 5.10 Å². The fourth-order valence-corrected chi connectivity index (χ4v) is 3.08. The van der Waals surface area contributed by atoms with E-state index in [9.17, 15) is 9.18 Å². The predicted molar refractivity (Wildman–Crippen MR) is 114 cm³/mol.